The van der Waals surface area contributed by atoms with Crippen molar-refractivity contribution in [3.8, 4) is 0 Å². The second kappa shape index (κ2) is 10.5. The minimum Gasteiger partial charge on any atom is -0.368 e. The summed E-state index contributed by atoms with van der Waals surface area (Å²) in [6.45, 7) is 7.49. The molecule has 6 heteroatoms. The first-order chi connectivity index (χ1) is 15.6. The number of urea groups is 1. The van der Waals surface area contributed by atoms with E-state index < -0.39 is 0 Å². The Morgan fingerprint density at radius 1 is 0.844 bits per heavy atom. The molecule has 0 radical (unpaired) electrons. The van der Waals surface area contributed by atoms with Crippen molar-refractivity contribution in [2.45, 2.75) is 26.2 Å². The van der Waals surface area contributed by atoms with E-state index in [9.17, 15) is 9.59 Å². The van der Waals surface area contributed by atoms with Gasteiger partial charge >= 0.3 is 6.03 Å². The summed E-state index contributed by atoms with van der Waals surface area (Å²) in [5.74, 6) is 0.716. The number of likely N-dealkylation sites (tertiary alicyclic amines) is 1. The molecule has 170 valence electrons. The lowest BCUT2D eigenvalue weighted by atomic mass is 9.90. The molecular formula is C26H34N4O2. The molecule has 2 saturated heterocycles. The number of piperazine rings is 1. The van der Waals surface area contributed by atoms with Crippen LogP contribution in [-0.2, 0) is 6.42 Å². The first-order valence-electron chi connectivity index (χ1n) is 11.8. The zero-order chi connectivity index (χ0) is 22.3. The van der Waals surface area contributed by atoms with Gasteiger partial charge in [0.05, 0.1) is 0 Å². The molecule has 0 aliphatic carbocycles. The van der Waals surface area contributed by atoms with Gasteiger partial charge in [-0.2, -0.15) is 0 Å². The van der Waals surface area contributed by atoms with Gasteiger partial charge in [0.2, 0.25) is 0 Å². The number of carbonyl (C=O) groups excluding carboxylic acids is 2. The van der Waals surface area contributed by atoms with Gasteiger partial charge in [0.15, 0.2) is 0 Å². The summed E-state index contributed by atoms with van der Waals surface area (Å²) in [6, 6.07) is 18.6. The van der Waals surface area contributed by atoms with Gasteiger partial charge in [-0.1, -0.05) is 30.3 Å². The second-order valence-corrected chi connectivity index (χ2v) is 8.78. The molecule has 1 N–H and O–H groups in total. The van der Waals surface area contributed by atoms with Crippen LogP contribution in [0.4, 0.5) is 10.5 Å². The van der Waals surface area contributed by atoms with E-state index >= 15 is 0 Å². The van der Waals surface area contributed by atoms with Crippen LogP contribution in [0.5, 0.6) is 0 Å². The van der Waals surface area contributed by atoms with Gasteiger partial charge in [-0.15, -0.1) is 0 Å². The van der Waals surface area contributed by atoms with Crippen molar-refractivity contribution in [3.63, 3.8) is 0 Å². The van der Waals surface area contributed by atoms with Crippen LogP contribution in [0.2, 0.25) is 0 Å². The number of para-hydroxylation sites is 1. The zero-order valence-electron chi connectivity index (χ0n) is 19.0. The van der Waals surface area contributed by atoms with Crippen molar-refractivity contribution >= 4 is 17.6 Å². The first-order valence-corrected chi connectivity index (χ1v) is 11.8. The summed E-state index contributed by atoms with van der Waals surface area (Å²) in [5.41, 5.74) is 3.26. The van der Waals surface area contributed by atoms with Crippen molar-refractivity contribution < 1.29 is 9.59 Å². The highest BCUT2D eigenvalue weighted by Gasteiger charge is 2.24. The molecule has 0 spiro atoms. The van der Waals surface area contributed by atoms with Gasteiger partial charge in [-0.3, -0.25) is 4.79 Å². The molecule has 3 amide bonds. The Morgan fingerprint density at radius 3 is 2.12 bits per heavy atom. The number of carbonyl (C=O) groups is 2. The maximum Gasteiger partial charge on any atom is 0.317 e. The molecule has 2 heterocycles. The van der Waals surface area contributed by atoms with Gasteiger partial charge in [0.1, 0.15) is 0 Å². The van der Waals surface area contributed by atoms with Gasteiger partial charge in [-0.25, -0.2) is 4.79 Å². The second-order valence-electron chi connectivity index (χ2n) is 8.78. The summed E-state index contributed by atoms with van der Waals surface area (Å²) in [4.78, 5) is 31.1. The van der Waals surface area contributed by atoms with Crippen LogP contribution in [0, 0.1) is 5.92 Å². The van der Waals surface area contributed by atoms with Gasteiger partial charge in [0, 0.05) is 57.1 Å². The average molecular weight is 435 g/mol. The van der Waals surface area contributed by atoms with Crippen LogP contribution < -0.4 is 10.2 Å². The van der Waals surface area contributed by atoms with E-state index in [2.05, 4.69) is 46.6 Å². The molecule has 0 unspecified atom stereocenters. The lowest BCUT2D eigenvalue weighted by Gasteiger charge is -2.36. The molecular weight excluding hydrogens is 400 g/mol. The Morgan fingerprint density at radius 2 is 1.50 bits per heavy atom. The minimum absolute atomic E-state index is 0.0541. The highest BCUT2D eigenvalue weighted by molar-refractivity contribution is 5.94. The van der Waals surface area contributed by atoms with E-state index in [0.717, 1.165) is 64.1 Å². The Hall–Kier alpha value is -3.02. The number of rotatable bonds is 5. The number of amides is 3. The van der Waals surface area contributed by atoms with E-state index in [4.69, 9.17) is 0 Å². The summed E-state index contributed by atoms with van der Waals surface area (Å²) in [6.07, 6.45) is 3.07. The normalized spacial score (nSPS) is 17.3. The van der Waals surface area contributed by atoms with E-state index in [0.29, 0.717) is 12.5 Å². The van der Waals surface area contributed by atoms with Gasteiger partial charge < -0.3 is 20.0 Å². The van der Waals surface area contributed by atoms with Crippen molar-refractivity contribution in [1.29, 1.82) is 0 Å². The fourth-order valence-electron chi connectivity index (χ4n) is 4.71. The molecule has 32 heavy (non-hydrogen) atoms. The molecule has 2 aromatic rings. The van der Waals surface area contributed by atoms with Crippen molar-refractivity contribution in [2.24, 2.45) is 5.92 Å². The van der Waals surface area contributed by atoms with Crippen molar-refractivity contribution in [2.75, 3.05) is 50.7 Å². The predicted molar refractivity (Wildman–Crippen MR) is 128 cm³/mol. The predicted octanol–water partition coefficient (Wildman–Crippen LogP) is 3.63. The van der Waals surface area contributed by atoms with E-state index in [1.807, 2.05) is 34.9 Å². The smallest absolute Gasteiger partial charge is 0.317 e. The third kappa shape index (κ3) is 5.42. The van der Waals surface area contributed by atoms with Crippen LogP contribution in [0.3, 0.4) is 0 Å². The number of nitrogens with one attached hydrogen (secondary N) is 1. The number of benzene rings is 2. The van der Waals surface area contributed by atoms with Crippen molar-refractivity contribution in [3.05, 3.63) is 65.7 Å². The van der Waals surface area contributed by atoms with Gasteiger partial charge in [-0.05, 0) is 61.9 Å². The van der Waals surface area contributed by atoms with E-state index in [1.54, 1.807) is 0 Å². The zero-order valence-corrected chi connectivity index (χ0v) is 19.0. The summed E-state index contributed by atoms with van der Waals surface area (Å²) in [5, 5.41) is 2.88. The lowest BCUT2D eigenvalue weighted by Crippen LogP contribution is -2.48. The molecule has 0 bridgehead atoms. The molecule has 0 atom stereocenters. The first kappa shape index (κ1) is 22.2. The molecule has 4 rings (SSSR count). The number of nitrogens with zero attached hydrogens (tertiary/aromatic N) is 3. The van der Waals surface area contributed by atoms with Crippen LogP contribution in [0.15, 0.2) is 54.6 Å². The summed E-state index contributed by atoms with van der Waals surface area (Å²) >= 11 is 0. The van der Waals surface area contributed by atoms with E-state index in [-0.39, 0.29) is 11.9 Å². The number of piperidine rings is 1. The molecule has 6 nitrogen and oxygen atoms in total. The monoisotopic (exact) mass is 434 g/mol. The topological polar surface area (TPSA) is 55.9 Å². The summed E-state index contributed by atoms with van der Waals surface area (Å²) < 4.78 is 0. The van der Waals surface area contributed by atoms with Crippen LogP contribution in [0.1, 0.15) is 35.7 Å². The van der Waals surface area contributed by atoms with Crippen LogP contribution in [0.25, 0.3) is 0 Å². The van der Waals surface area contributed by atoms with Crippen LogP contribution in [-0.4, -0.2) is 67.6 Å². The summed E-state index contributed by atoms with van der Waals surface area (Å²) in [7, 11) is 0. The third-order valence-electron chi connectivity index (χ3n) is 6.64. The largest absolute Gasteiger partial charge is 0.368 e. The Bertz CT molecular complexity index is 884. The highest BCUT2D eigenvalue weighted by atomic mass is 16.2. The number of hydrogen-bond donors (Lipinski definition) is 1. The van der Waals surface area contributed by atoms with Gasteiger partial charge in [0.25, 0.3) is 5.91 Å². The molecule has 2 fully saturated rings. The molecule has 2 aliphatic heterocycles. The standard InChI is InChI=1S/C26H34N4O2/c1-2-27-26(32)30-14-12-22(13-15-30)20-21-8-10-23(11-9-21)25(31)29-18-16-28(17-19-29)24-6-4-3-5-7-24/h3-11,22H,2,12-20H2,1H3,(H,27,32). The highest BCUT2D eigenvalue weighted by Crippen LogP contribution is 2.23. The van der Waals surface area contributed by atoms with Crippen LogP contribution >= 0.6 is 0 Å². The molecule has 0 aromatic heterocycles. The fraction of sp³-hybridized carbons (Fsp3) is 0.462. The number of hydrogen-bond acceptors (Lipinski definition) is 3. The maximum atomic E-state index is 13.0. The minimum atomic E-state index is 0.0541. The van der Waals surface area contributed by atoms with E-state index in [1.165, 1.54) is 11.3 Å². The Balaban J connectivity index is 1.25. The molecule has 0 saturated carbocycles. The SMILES string of the molecule is CCNC(=O)N1CCC(Cc2ccc(C(=O)N3CCN(c4ccccc4)CC3)cc2)CC1. The maximum absolute atomic E-state index is 13.0. The quantitative estimate of drug-likeness (QED) is 0.782. The Labute approximate surface area is 191 Å². The lowest BCUT2D eigenvalue weighted by molar-refractivity contribution is 0.0746. The molecule has 2 aromatic carbocycles. The number of anilines is 1. The Kier molecular flexibility index (Phi) is 7.30. The fourth-order valence-corrected chi connectivity index (χ4v) is 4.71. The third-order valence-corrected chi connectivity index (χ3v) is 6.64. The van der Waals surface area contributed by atoms with Crippen molar-refractivity contribution in [1.82, 2.24) is 15.1 Å². The average Bonchev–Trinajstić information content (AvgIpc) is 2.85. The molecule has 2 aliphatic rings.